The average Bonchev–Trinajstić information content (AvgIpc) is 3.42. The van der Waals surface area contributed by atoms with Gasteiger partial charge < -0.3 is 13.9 Å². The van der Waals surface area contributed by atoms with Crippen molar-refractivity contribution in [1.29, 1.82) is 0 Å². The Balaban J connectivity index is 1.64. The summed E-state index contributed by atoms with van der Waals surface area (Å²) in [5.74, 6) is 0.669. The molecule has 3 heterocycles. The molecule has 2 aromatic heterocycles. The summed E-state index contributed by atoms with van der Waals surface area (Å²) in [7, 11) is 3.10. The highest BCUT2D eigenvalue weighted by atomic mass is 32.1. The van der Waals surface area contributed by atoms with Crippen LogP contribution in [0.25, 0.3) is 21.2 Å². The number of amides is 1. The molecule has 0 saturated heterocycles. The van der Waals surface area contributed by atoms with Crippen LogP contribution >= 0.6 is 11.3 Å². The highest BCUT2D eigenvalue weighted by molar-refractivity contribution is 7.22. The van der Waals surface area contributed by atoms with Gasteiger partial charge in [-0.05, 0) is 42.0 Å². The number of fused-ring (bicyclic) bond motifs is 3. The highest BCUT2D eigenvalue weighted by Crippen LogP contribution is 2.45. The minimum absolute atomic E-state index is 0.0303. The van der Waals surface area contributed by atoms with Crippen molar-refractivity contribution in [3.63, 3.8) is 0 Å². The summed E-state index contributed by atoms with van der Waals surface area (Å²) in [6, 6.07) is 19.2. The van der Waals surface area contributed by atoms with E-state index in [1.54, 1.807) is 55.5 Å². The van der Waals surface area contributed by atoms with Gasteiger partial charge in [0.05, 0.1) is 41.4 Å². The van der Waals surface area contributed by atoms with Gasteiger partial charge in [-0.2, -0.15) is 0 Å². The number of carbonyl (C=O) groups is 1. The van der Waals surface area contributed by atoms with Crippen LogP contribution in [0.2, 0.25) is 0 Å². The van der Waals surface area contributed by atoms with Crippen LogP contribution in [0.3, 0.4) is 0 Å². The standard InChI is InChI=1S/C26H18N2O5S/c1-31-18-12-11-14(13-19(18)32-2)22-21-23(29)15-7-3-5-9-17(15)33-24(21)25(30)28(22)26-27-16-8-4-6-10-20(16)34-26/h3-13,22H,1-2H3/t22-/m0/s1. The van der Waals surface area contributed by atoms with Crippen LogP contribution in [0, 0.1) is 0 Å². The molecule has 1 aliphatic rings. The molecule has 1 amide bonds. The number of aromatic nitrogens is 1. The van der Waals surface area contributed by atoms with E-state index < -0.39 is 11.9 Å². The number of carbonyl (C=O) groups excluding carboxylic acids is 1. The Bertz CT molecular complexity index is 1620. The molecular formula is C26H18N2O5S. The van der Waals surface area contributed by atoms with E-state index in [4.69, 9.17) is 18.9 Å². The zero-order valence-corrected chi connectivity index (χ0v) is 19.1. The fourth-order valence-electron chi connectivity index (χ4n) is 4.42. The van der Waals surface area contributed by atoms with Crippen molar-refractivity contribution in [1.82, 2.24) is 4.98 Å². The van der Waals surface area contributed by atoms with Crippen molar-refractivity contribution in [2.45, 2.75) is 6.04 Å². The number of anilines is 1. The molecule has 5 aromatic rings. The van der Waals surface area contributed by atoms with Crippen LogP contribution in [0.15, 0.2) is 75.9 Å². The minimum atomic E-state index is -0.733. The monoisotopic (exact) mass is 470 g/mol. The average molecular weight is 471 g/mol. The van der Waals surface area contributed by atoms with E-state index in [0.29, 0.717) is 33.2 Å². The lowest BCUT2D eigenvalue weighted by molar-refractivity contribution is 0.0971. The van der Waals surface area contributed by atoms with Crippen molar-refractivity contribution in [3.05, 3.63) is 93.8 Å². The lowest BCUT2D eigenvalue weighted by Gasteiger charge is -2.23. The smallest absolute Gasteiger partial charge is 0.297 e. The molecule has 0 spiro atoms. The molecule has 0 saturated carbocycles. The molecule has 0 radical (unpaired) electrons. The molecule has 0 N–H and O–H groups in total. The Kier molecular flexibility index (Phi) is 4.63. The number of nitrogens with zero attached hydrogens (tertiary/aromatic N) is 2. The number of benzene rings is 3. The van der Waals surface area contributed by atoms with Gasteiger partial charge in [-0.3, -0.25) is 14.5 Å². The zero-order valence-electron chi connectivity index (χ0n) is 18.3. The maximum atomic E-state index is 13.7. The summed E-state index contributed by atoms with van der Waals surface area (Å²) in [4.78, 5) is 33.6. The largest absolute Gasteiger partial charge is 0.493 e. The molecule has 0 fully saturated rings. The van der Waals surface area contributed by atoms with Gasteiger partial charge in [0, 0.05) is 0 Å². The summed E-state index contributed by atoms with van der Waals surface area (Å²) < 4.78 is 17.8. The van der Waals surface area contributed by atoms with E-state index in [0.717, 1.165) is 10.2 Å². The quantitative estimate of drug-likeness (QED) is 0.360. The molecule has 1 atom stereocenters. The van der Waals surface area contributed by atoms with Crippen LogP contribution < -0.4 is 19.8 Å². The fraction of sp³-hybridized carbons (Fsp3) is 0.115. The van der Waals surface area contributed by atoms with E-state index >= 15 is 0 Å². The van der Waals surface area contributed by atoms with Gasteiger partial charge in [-0.1, -0.05) is 41.7 Å². The summed E-state index contributed by atoms with van der Waals surface area (Å²) in [5.41, 5.74) is 1.88. The second-order valence-electron chi connectivity index (χ2n) is 7.83. The van der Waals surface area contributed by atoms with Crippen molar-refractivity contribution >= 4 is 43.6 Å². The first-order valence-electron chi connectivity index (χ1n) is 10.6. The summed E-state index contributed by atoms with van der Waals surface area (Å²) in [6.45, 7) is 0. The van der Waals surface area contributed by atoms with Crippen LogP contribution in [-0.4, -0.2) is 25.1 Å². The Morgan fingerprint density at radius 1 is 0.941 bits per heavy atom. The third-order valence-corrected chi connectivity index (χ3v) is 7.03. The number of hydrogen-bond acceptors (Lipinski definition) is 7. The normalized spacial score (nSPS) is 15.2. The minimum Gasteiger partial charge on any atom is -0.493 e. The molecule has 0 bridgehead atoms. The predicted molar refractivity (Wildman–Crippen MR) is 130 cm³/mol. The number of hydrogen-bond donors (Lipinski definition) is 0. The first-order valence-corrected chi connectivity index (χ1v) is 11.4. The van der Waals surface area contributed by atoms with Crippen molar-refractivity contribution < 1.29 is 18.7 Å². The molecule has 168 valence electrons. The molecule has 3 aromatic carbocycles. The molecule has 7 nitrogen and oxygen atoms in total. The third kappa shape index (κ3) is 2.92. The Morgan fingerprint density at radius 3 is 2.50 bits per heavy atom. The lowest BCUT2D eigenvalue weighted by Crippen LogP contribution is -2.29. The van der Waals surface area contributed by atoms with Crippen molar-refractivity contribution in [2.24, 2.45) is 0 Å². The molecule has 34 heavy (non-hydrogen) atoms. The molecule has 8 heteroatoms. The predicted octanol–water partition coefficient (Wildman–Crippen LogP) is 5.17. The van der Waals surface area contributed by atoms with Crippen LogP contribution in [-0.2, 0) is 0 Å². The molecule has 6 rings (SSSR count). The number of methoxy groups -OCH3 is 2. The second kappa shape index (κ2) is 7.71. The van der Waals surface area contributed by atoms with Gasteiger partial charge in [0.25, 0.3) is 5.91 Å². The number of thiazole rings is 1. The lowest BCUT2D eigenvalue weighted by atomic mass is 9.98. The molecule has 1 aliphatic heterocycles. The van der Waals surface area contributed by atoms with Gasteiger partial charge in [0.1, 0.15) is 5.58 Å². The third-order valence-electron chi connectivity index (χ3n) is 5.99. The molecule has 0 unspecified atom stereocenters. The number of ether oxygens (including phenoxy) is 2. The maximum Gasteiger partial charge on any atom is 0.297 e. The van der Waals surface area contributed by atoms with Gasteiger partial charge in [-0.25, -0.2) is 4.98 Å². The summed E-state index contributed by atoms with van der Waals surface area (Å²) >= 11 is 1.39. The van der Waals surface area contributed by atoms with Gasteiger partial charge in [-0.15, -0.1) is 0 Å². The second-order valence-corrected chi connectivity index (χ2v) is 8.84. The van der Waals surface area contributed by atoms with E-state index in [1.165, 1.54) is 11.3 Å². The van der Waals surface area contributed by atoms with Crippen LogP contribution in [0.4, 0.5) is 5.13 Å². The van der Waals surface area contributed by atoms with Gasteiger partial charge in [0.15, 0.2) is 22.1 Å². The highest BCUT2D eigenvalue weighted by Gasteiger charge is 2.45. The Labute approximate surface area is 197 Å². The molecule has 0 aliphatic carbocycles. The maximum absolute atomic E-state index is 13.7. The first-order chi connectivity index (χ1) is 16.6. The fourth-order valence-corrected chi connectivity index (χ4v) is 5.41. The van der Waals surface area contributed by atoms with E-state index in [2.05, 4.69) is 0 Å². The van der Waals surface area contributed by atoms with Crippen LogP contribution in [0.1, 0.15) is 27.7 Å². The Hall–Kier alpha value is -4.17. The number of para-hydroxylation sites is 2. The topological polar surface area (TPSA) is 81.9 Å². The summed E-state index contributed by atoms with van der Waals surface area (Å²) in [6.07, 6.45) is 0. The summed E-state index contributed by atoms with van der Waals surface area (Å²) in [5, 5.41) is 0.909. The zero-order chi connectivity index (χ0) is 23.4. The number of rotatable bonds is 4. The van der Waals surface area contributed by atoms with E-state index in [9.17, 15) is 9.59 Å². The first kappa shape index (κ1) is 20.4. The van der Waals surface area contributed by atoms with Gasteiger partial charge in [0.2, 0.25) is 5.76 Å². The Morgan fingerprint density at radius 2 is 1.71 bits per heavy atom. The van der Waals surface area contributed by atoms with E-state index in [1.807, 2.05) is 30.3 Å². The van der Waals surface area contributed by atoms with Gasteiger partial charge >= 0.3 is 0 Å². The molecular weight excluding hydrogens is 452 g/mol. The van der Waals surface area contributed by atoms with Crippen molar-refractivity contribution in [2.75, 3.05) is 19.1 Å². The van der Waals surface area contributed by atoms with E-state index in [-0.39, 0.29) is 16.8 Å². The van der Waals surface area contributed by atoms with Crippen LogP contribution in [0.5, 0.6) is 11.5 Å². The van der Waals surface area contributed by atoms with Crippen molar-refractivity contribution in [3.8, 4) is 11.5 Å². The SMILES string of the molecule is COc1ccc([C@H]2c3c(oc4ccccc4c3=O)C(=O)N2c2nc3ccccc3s2)cc1OC.